The molecular formula is C12H9F3N2O. The van der Waals surface area contributed by atoms with Gasteiger partial charge in [-0.15, -0.1) is 0 Å². The Balaban J connectivity index is 2.79. The topological polar surface area (TPSA) is 42.9 Å². The summed E-state index contributed by atoms with van der Waals surface area (Å²) in [5, 5.41) is 0.128. The molecule has 0 radical (unpaired) electrons. The zero-order valence-electron chi connectivity index (χ0n) is 9.67. The monoisotopic (exact) mass is 254 g/mol. The first-order valence-electron chi connectivity index (χ1n) is 5.15. The van der Waals surface area contributed by atoms with E-state index in [1.807, 2.05) is 0 Å². The second kappa shape index (κ2) is 4.04. The summed E-state index contributed by atoms with van der Waals surface area (Å²) in [6.07, 6.45) is -4.45. The lowest BCUT2D eigenvalue weighted by molar-refractivity contribution is -0.137. The van der Waals surface area contributed by atoms with Gasteiger partial charge in [-0.1, -0.05) is 0 Å². The summed E-state index contributed by atoms with van der Waals surface area (Å²) in [6, 6.07) is 3.10. The van der Waals surface area contributed by atoms with Crippen LogP contribution in [0.5, 0.6) is 0 Å². The molecule has 2 rings (SSSR count). The van der Waals surface area contributed by atoms with Crippen molar-refractivity contribution in [2.75, 3.05) is 0 Å². The molecule has 0 bridgehead atoms. The summed E-state index contributed by atoms with van der Waals surface area (Å²) in [4.78, 5) is 19.3. The van der Waals surface area contributed by atoms with Crippen LogP contribution >= 0.6 is 0 Å². The first-order valence-corrected chi connectivity index (χ1v) is 5.15. The van der Waals surface area contributed by atoms with Crippen molar-refractivity contribution in [2.24, 2.45) is 0 Å². The lowest BCUT2D eigenvalue weighted by Gasteiger charge is -2.09. The molecule has 0 N–H and O–H groups in total. The second-order valence-electron chi connectivity index (χ2n) is 3.91. The molecule has 0 spiro atoms. The van der Waals surface area contributed by atoms with Crippen molar-refractivity contribution in [1.29, 1.82) is 0 Å². The number of rotatable bonds is 1. The quantitative estimate of drug-likeness (QED) is 0.734. The molecule has 1 aromatic heterocycles. The van der Waals surface area contributed by atoms with Gasteiger partial charge in [0.1, 0.15) is 11.5 Å². The van der Waals surface area contributed by atoms with Crippen LogP contribution in [0.2, 0.25) is 0 Å². The van der Waals surface area contributed by atoms with E-state index in [9.17, 15) is 18.0 Å². The van der Waals surface area contributed by atoms with Gasteiger partial charge in [-0.25, -0.2) is 9.97 Å². The average Bonchev–Trinajstić information content (AvgIpc) is 2.25. The van der Waals surface area contributed by atoms with Gasteiger partial charge in [0.15, 0.2) is 5.78 Å². The first-order chi connectivity index (χ1) is 8.29. The molecule has 2 aromatic rings. The maximum Gasteiger partial charge on any atom is 0.416 e. The van der Waals surface area contributed by atoms with Crippen LogP contribution in [0.3, 0.4) is 0 Å². The normalized spacial score (nSPS) is 11.8. The number of hydrogen-bond donors (Lipinski definition) is 0. The molecule has 6 heteroatoms. The van der Waals surface area contributed by atoms with Crippen molar-refractivity contribution in [2.45, 2.75) is 20.0 Å². The van der Waals surface area contributed by atoms with Gasteiger partial charge in [0, 0.05) is 12.3 Å². The highest BCUT2D eigenvalue weighted by Gasteiger charge is 2.31. The van der Waals surface area contributed by atoms with E-state index in [-0.39, 0.29) is 16.9 Å². The minimum absolute atomic E-state index is 0.0172. The summed E-state index contributed by atoms with van der Waals surface area (Å²) >= 11 is 0. The molecule has 3 nitrogen and oxygen atoms in total. The van der Waals surface area contributed by atoms with Crippen molar-refractivity contribution in [3.8, 4) is 0 Å². The Morgan fingerprint density at radius 2 is 1.89 bits per heavy atom. The van der Waals surface area contributed by atoms with Gasteiger partial charge >= 0.3 is 6.18 Å². The van der Waals surface area contributed by atoms with E-state index in [4.69, 9.17) is 0 Å². The largest absolute Gasteiger partial charge is 0.416 e. The summed E-state index contributed by atoms with van der Waals surface area (Å²) in [7, 11) is 0. The number of carbonyl (C=O) groups is 1. The molecule has 0 aliphatic carbocycles. The van der Waals surface area contributed by atoms with Crippen LogP contribution in [0.1, 0.15) is 28.8 Å². The number of carbonyl (C=O) groups excluding carboxylic acids is 1. The maximum absolute atomic E-state index is 12.6. The number of aromatic nitrogens is 2. The van der Waals surface area contributed by atoms with Crippen LogP contribution in [-0.4, -0.2) is 15.8 Å². The van der Waals surface area contributed by atoms with Crippen LogP contribution in [-0.2, 0) is 6.18 Å². The maximum atomic E-state index is 12.6. The van der Waals surface area contributed by atoms with Crippen LogP contribution in [0, 0.1) is 6.92 Å². The average molecular weight is 254 g/mol. The molecule has 0 saturated heterocycles. The van der Waals surface area contributed by atoms with Gasteiger partial charge < -0.3 is 0 Å². The first kappa shape index (κ1) is 12.5. The number of ketones is 1. The molecule has 0 aliphatic heterocycles. The van der Waals surface area contributed by atoms with Gasteiger partial charge in [0.05, 0.1) is 11.1 Å². The lowest BCUT2D eigenvalue weighted by atomic mass is 10.1. The standard InChI is InChI=1S/C12H9F3N2O/c1-6(18)11-9-5-8(12(13,14)15)3-4-10(9)16-7(2)17-11/h3-5H,1-2H3. The second-order valence-corrected chi connectivity index (χ2v) is 3.91. The molecule has 0 amide bonds. The molecule has 1 heterocycles. The fourth-order valence-corrected chi connectivity index (χ4v) is 1.69. The minimum Gasteiger partial charge on any atom is -0.293 e. The van der Waals surface area contributed by atoms with Crippen LogP contribution in [0.4, 0.5) is 13.2 Å². The van der Waals surface area contributed by atoms with Crippen molar-refractivity contribution >= 4 is 16.7 Å². The number of hydrogen-bond acceptors (Lipinski definition) is 3. The minimum atomic E-state index is -4.45. The number of Topliss-reactive ketones (excluding diaryl/α,β-unsaturated/α-hetero) is 1. The third-order valence-electron chi connectivity index (χ3n) is 2.47. The number of aryl methyl sites for hydroxylation is 1. The molecule has 94 valence electrons. The van der Waals surface area contributed by atoms with Crippen LogP contribution < -0.4 is 0 Å². The molecule has 18 heavy (non-hydrogen) atoms. The van der Waals surface area contributed by atoms with Gasteiger partial charge in [0.2, 0.25) is 0 Å². The molecule has 0 fully saturated rings. The summed E-state index contributed by atoms with van der Waals surface area (Å²) in [6.45, 7) is 2.85. The van der Waals surface area contributed by atoms with Gasteiger partial charge in [-0.3, -0.25) is 4.79 Å². The van der Waals surface area contributed by atoms with E-state index < -0.39 is 11.7 Å². The van der Waals surface area contributed by atoms with E-state index in [0.717, 1.165) is 12.1 Å². The zero-order valence-corrected chi connectivity index (χ0v) is 9.67. The number of nitrogens with zero attached hydrogens (tertiary/aromatic N) is 2. The number of benzene rings is 1. The van der Waals surface area contributed by atoms with Crippen molar-refractivity contribution in [3.05, 3.63) is 35.3 Å². The van der Waals surface area contributed by atoms with E-state index in [0.29, 0.717) is 11.3 Å². The van der Waals surface area contributed by atoms with Crippen molar-refractivity contribution in [3.63, 3.8) is 0 Å². The Labute approximate surface area is 101 Å². The number of alkyl halides is 3. The Hall–Kier alpha value is -1.98. The highest BCUT2D eigenvalue weighted by molar-refractivity contribution is 6.04. The van der Waals surface area contributed by atoms with E-state index in [2.05, 4.69) is 9.97 Å². The Morgan fingerprint density at radius 3 is 2.44 bits per heavy atom. The Bertz CT molecular complexity index is 635. The predicted molar refractivity (Wildman–Crippen MR) is 59.3 cm³/mol. The molecule has 0 atom stereocenters. The fraction of sp³-hybridized carbons (Fsp3) is 0.250. The summed E-state index contributed by atoms with van der Waals surface area (Å²) in [5.41, 5.74) is -0.464. The number of fused-ring (bicyclic) bond motifs is 1. The smallest absolute Gasteiger partial charge is 0.293 e. The highest BCUT2D eigenvalue weighted by Crippen LogP contribution is 2.31. The lowest BCUT2D eigenvalue weighted by Crippen LogP contribution is -2.07. The van der Waals surface area contributed by atoms with Crippen LogP contribution in [0.25, 0.3) is 10.9 Å². The molecule has 0 saturated carbocycles. The van der Waals surface area contributed by atoms with Gasteiger partial charge in [-0.2, -0.15) is 13.2 Å². The third kappa shape index (κ3) is 2.18. The SMILES string of the molecule is CC(=O)c1nc(C)nc2ccc(C(F)(F)F)cc12. The summed E-state index contributed by atoms with van der Waals surface area (Å²) in [5.74, 6) is -0.0303. The zero-order chi connectivity index (χ0) is 13.5. The van der Waals surface area contributed by atoms with E-state index in [1.165, 1.54) is 13.0 Å². The summed E-state index contributed by atoms with van der Waals surface area (Å²) < 4.78 is 37.8. The highest BCUT2D eigenvalue weighted by atomic mass is 19.4. The number of halogens is 3. The molecule has 0 unspecified atom stereocenters. The third-order valence-corrected chi connectivity index (χ3v) is 2.47. The fourth-order valence-electron chi connectivity index (χ4n) is 1.69. The van der Waals surface area contributed by atoms with Crippen molar-refractivity contribution in [1.82, 2.24) is 9.97 Å². The molecule has 0 aliphatic rings. The van der Waals surface area contributed by atoms with Crippen LogP contribution in [0.15, 0.2) is 18.2 Å². The molecular weight excluding hydrogens is 245 g/mol. The molecule has 1 aromatic carbocycles. The van der Waals surface area contributed by atoms with Gasteiger partial charge in [-0.05, 0) is 25.1 Å². The van der Waals surface area contributed by atoms with E-state index in [1.54, 1.807) is 6.92 Å². The van der Waals surface area contributed by atoms with E-state index >= 15 is 0 Å². The van der Waals surface area contributed by atoms with Crippen molar-refractivity contribution < 1.29 is 18.0 Å². The predicted octanol–water partition coefficient (Wildman–Crippen LogP) is 3.16. The van der Waals surface area contributed by atoms with Gasteiger partial charge in [0.25, 0.3) is 0 Å². The Morgan fingerprint density at radius 1 is 1.22 bits per heavy atom. The Kier molecular flexibility index (Phi) is 2.80.